The average molecular weight is 377 g/mol. The van der Waals surface area contributed by atoms with E-state index >= 15 is 0 Å². The molecule has 0 saturated heterocycles. The molecule has 1 aliphatic heterocycles. The van der Waals surface area contributed by atoms with Crippen LogP contribution in [0.25, 0.3) is 5.57 Å². The molecule has 0 aromatic heterocycles. The lowest BCUT2D eigenvalue weighted by atomic mass is 10.1. The van der Waals surface area contributed by atoms with E-state index in [1.807, 2.05) is 0 Å². The minimum atomic E-state index is -0.662. The summed E-state index contributed by atoms with van der Waals surface area (Å²) in [5.74, 6) is -1.26. The van der Waals surface area contributed by atoms with Crippen LogP contribution in [0.5, 0.6) is 0 Å². The standard InChI is InChI=1S/C17H10Cl2N2O4/c1-9-2-5-11(18)8-13(9)20-16(22)14(15(19)17(20)23)10-3-6-12(7-4-10)21(24)25/h2-8H,1H3. The molecule has 1 heterocycles. The molecule has 0 spiro atoms. The molecule has 6 nitrogen and oxygen atoms in total. The Morgan fingerprint density at radius 3 is 2.24 bits per heavy atom. The fourth-order valence-corrected chi connectivity index (χ4v) is 2.99. The molecule has 0 bridgehead atoms. The number of aryl methyl sites for hydroxylation is 1. The van der Waals surface area contributed by atoms with E-state index in [1.165, 1.54) is 30.3 Å². The summed E-state index contributed by atoms with van der Waals surface area (Å²) in [5, 5.41) is 10.9. The molecule has 0 unspecified atom stereocenters. The Morgan fingerprint density at radius 2 is 1.64 bits per heavy atom. The van der Waals surface area contributed by atoms with Crippen LogP contribution in [-0.2, 0) is 9.59 Å². The third-order valence-corrected chi connectivity index (χ3v) is 4.39. The number of hydrogen-bond donors (Lipinski definition) is 0. The molecule has 0 atom stereocenters. The van der Waals surface area contributed by atoms with Crippen LogP contribution < -0.4 is 4.90 Å². The maximum Gasteiger partial charge on any atom is 0.277 e. The highest BCUT2D eigenvalue weighted by Crippen LogP contribution is 2.37. The van der Waals surface area contributed by atoms with E-state index in [9.17, 15) is 19.7 Å². The van der Waals surface area contributed by atoms with Gasteiger partial charge in [-0.15, -0.1) is 0 Å². The zero-order chi connectivity index (χ0) is 18.3. The number of carbonyl (C=O) groups is 2. The monoisotopic (exact) mass is 376 g/mol. The summed E-state index contributed by atoms with van der Waals surface area (Å²) < 4.78 is 0. The van der Waals surface area contributed by atoms with Crippen molar-refractivity contribution in [3.8, 4) is 0 Å². The molecule has 1 aliphatic rings. The smallest absolute Gasteiger partial charge is 0.268 e. The van der Waals surface area contributed by atoms with Crippen molar-refractivity contribution < 1.29 is 14.5 Å². The van der Waals surface area contributed by atoms with Gasteiger partial charge >= 0.3 is 0 Å². The number of nitro groups is 1. The second-order valence-electron chi connectivity index (χ2n) is 5.37. The number of benzene rings is 2. The minimum Gasteiger partial charge on any atom is -0.268 e. The number of hydrogen-bond acceptors (Lipinski definition) is 4. The molecule has 0 fully saturated rings. The lowest BCUT2D eigenvalue weighted by molar-refractivity contribution is -0.384. The van der Waals surface area contributed by atoms with Gasteiger partial charge in [0.2, 0.25) is 0 Å². The number of anilines is 1. The summed E-state index contributed by atoms with van der Waals surface area (Å²) in [7, 11) is 0. The van der Waals surface area contributed by atoms with Crippen molar-refractivity contribution >= 4 is 52.0 Å². The minimum absolute atomic E-state index is 0.000870. The van der Waals surface area contributed by atoms with E-state index in [1.54, 1.807) is 19.1 Å². The second kappa shape index (κ2) is 6.31. The van der Waals surface area contributed by atoms with E-state index < -0.39 is 16.7 Å². The van der Waals surface area contributed by atoms with Gasteiger partial charge in [-0.1, -0.05) is 29.3 Å². The van der Waals surface area contributed by atoms with Crippen LogP contribution in [-0.4, -0.2) is 16.7 Å². The van der Waals surface area contributed by atoms with Gasteiger partial charge in [-0.05, 0) is 42.3 Å². The van der Waals surface area contributed by atoms with Gasteiger partial charge in [0.05, 0.1) is 16.2 Å². The molecule has 8 heteroatoms. The quantitative estimate of drug-likeness (QED) is 0.459. The Balaban J connectivity index is 2.05. The predicted octanol–water partition coefficient (Wildman–Crippen LogP) is 4.08. The molecule has 2 aromatic carbocycles. The van der Waals surface area contributed by atoms with Crippen LogP contribution in [0.15, 0.2) is 47.5 Å². The van der Waals surface area contributed by atoms with E-state index in [-0.39, 0.29) is 16.3 Å². The van der Waals surface area contributed by atoms with E-state index in [0.717, 1.165) is 4.90 Å². The summed E-state index contributed by atoms with van der Waals surface area (Å²) >= 11 is 12.1. The summed E-state index contributed by atoms with van der Waals surface area (Å²) in [5.41, 5.74) is 1.23. The van der Waals surface area contributed by atoms with Gasteiger partial charge in [-0.2, -0.15) is 0 Å². The molecular weight excluding hydrogens is 367 g/mol. The topological polar surface area (TPSA) is 80.5 Å². The van der Waals surface area contributed by atoms with Crippen molar-refractivity contribution in [2.24, 2.45) is 0 Å². The molecule has 0 saturated carbocycles. The average Bonchev–Trinajstić information content (AvgIpc) is 2.80. The molecule has 3 rings (SSSR count). The fraction of sp³-hybridized carbons (Fsp3) is 0.0588. The van der Waals surface area contributed by atoms with Crippen LogP contribution in [0.4, 0.5) is 11.4 Å². The van der Waals surface area contributed by atoms with E-state index in [0.29, 0.717) is 21.8 Å². The lowest BCUT2D eigenvalue weighted by Gasteiger charge is -2.17. The second-order valence-corrected chi connectivity index (χ2v) is 6.18. The van der Waals surface area contributed by atoms with E-state index in [4.69, 9.17) is 23.2 Å². The first-order valence-corrected chi connectivity index (χ1v) is 7.86. The number of non-ortho nitro benzene ring substituents is 1. The van der Waals surface area contributed by atoms with Gasteiger partial charge in [-0.3, -0.25) is 19.7 Å². The molecule has 0 aliphatic carbocycles. The lowest BCUT2D eigenvalue weighted by Crippen LogP contribution is -2.31. The highest BCUT2D eigenvalue weighted by molar-refractivity contribution is 6.60. The Labute approximate surface area is 152 Å². The number of nitro benzene ring substituents is 1. The zero-order valence-electron chi connectivity index (χ0n) is 12.8. The van der Waals surface area contributed by atoms with Gasteiger partial charge < -0.3 is 0 Å². The largest absolute Gasteiger partial charge is 0.277 e. The predicted molar refractivity (Wildman–Crippen MR) is 94.6 cm³/mol. The third kappa shape index (κ3) is 2.90. The Morgan fingerprint density at radius 1 is 1.00 bits per heavy atom. The highest BCUT2D eigenvalue weighted by atomic mass is 35.5. The number of nitrogens with zero attached hydrogens (tertiary/aromatic N) is 2. The van der Waals surface area contributed by atoms with Crippen molar-refractivity contribution in [3.63, 3.8) is 0 Å². The molecule has 0 N–H and O–H groups in total. The maximum absolute atomic E-state index is 12.8. The molecular formula is C17H10Cl2N2O4. The van der Waals surface area contributed by atoms with E-state index in [2.05, 4.69) is 0 Å². The Hall–Kier alpha value is -2.70. The van der Waals surface area contributed by atoms with Crippen molar-refractivity contribution in [1.29, 1.82) is 0 Å². The van der Waals surface area contributed by atoms with Crippen LogP contribution in [0.1, 0.15) is 11.1 Å². The number of imide groups is 1. The van der Waals surface area contributed by atoms with Gasteiger partial charge in [-0.25, -0.2) is 4.90 Å². The van der Waals surface area contributed by atoms with Gasteiger partial charge in [0.1, 0.15) is 5.03 Å². The van der Waals surface area contributed by atoms with Crippen LogP contribution in [0.3, 0.4) is 0 Å². The first kappa shape index (κ1) is 17.1. The number of amides is 2. The van der Waals surface area contributed by atoms with Crippen molar-refractivity contribution in [1.82, 2.24) is 0 Å². The molecule has 126 valence electrons. The van der Waals surface area contributed by atoms with Crippen LogP contribution in [0, 0.1) is 17.0 Å². The summed E-state index contributed by atoms with van der Waals surface area (Å²) in [6.45, 7) is 1.74. The zero-order valence-corrected chi connectivity index (χ0v) is 14.3. The van der Waals surface area contributed by atoms with Crippen LogP contribution >= 0.6 is 23.2 Å². The van der Waals surface area contributed by atoms with Gasteiger partial charge in [0, 0.05) is 17.2 Å². The SMILES string of the molecule is Cc1ccc(Cl)cc1N1C(=O)C(Cl)=C(c2ccc([N+](=O)[O-])cc2)C1=O. The fourth-order valence-electron chi connectivity index (χ4n) is 2.55. The molecule has 25 heavy (non-hydrogen) atoms. The van der Waals surface area contributed by atoms with Gasteiger partial charge in [0.15, 0.2) is 0 Å². The normalized spacial score (nSPS) is 14.4. The number of rotatable bonds is 3. The first-order chi connectivity index (χ1) is 11.8. The van der Waals surface area contributed by atoms with Gasteiger partial charge in [0.25, 0.3) is 17.5 Å². The van der Waals surface area contributed by atoms with Crippen molar-refractivity contribution in [2.75, 3.05) is 4.90 Å². The summed E-state index contributed by atoms with van der Waals surface area (Å²) in [6, 6.07) is 10.1. The maximum atomic E-state index is 12.8. The first-order valence-electron chi connectivity index (χ1n) is 7.11. The Kier molecular flexibility index (Phi) is 4.32. The number of halogens is 2. The van der Waals surface area contributed by atoms with Crippen molar-refractivity contribution in [2.45, 2.75) is 6.92 Å². The molecule has 2 aromatic rings. The highest BCUT2D eigenvalue weighted by Gasteiger charge is 2.39. The van der Waals surface area contributed by atoms with Crippen molar-refractivity contribution in [3.05, 3.63) is 73.8 Å². The molecule has 0 radical (unpaired) electrons. The third-order valence-electron chi connectivity index (χ3n) is 3.81. The summed E-state index contributed by atoms with van der Waals surface area (Å²) in [6.07, 6.45) is 0. The van der Waals surface area contributed by atoms with Crippen LogP contribution in [0.2, 0.25) is 5.02 Å². The summed E-state index contributed by atoms with van der Waals surface area (Å²) in [4.78, 5) is 36.5. The number of carbonyl (C=O) groups excluding carboxylic acids is 2. The molecule has 2 amide bonds. The Bertz CT molecular complexity index is 952.